The average Bonchev–Trinajstić information content (AvgIpc) is 2.15. The molecule has 0 fully saturated rings. The van der Waals surface area contributed by atoms with Crippen LogP contribution in [0.15, 0.2) is 34.9 Å². The van der Waals surface area contributed by atoms with Crippen molar-refractivity contribution >= 4 is 15.9 Å². The van der Waals surface area contributed by atoms with Gasteiger partial charge in [-0.1, -0.05) is 17.2 Å². The van der Waals surface area contributed by atoms with Gasteiger partial charge in [-0.2, -0.15) is 0 Å². The molecule has 0 spiro atoms. The van der Waals surface area contributed by atoms with Crippen molar-refractivity contribution in [3.63, 3.8) is 0 Å². The highest BCUT2D eigenvalue weighted by Crippen LogP contribution is 2.28. The summed E-state index contributed by atoms with van der Waals surface area (Å²) >= 11 is 3.57. The second kappa shape index (κ2) is 4.38. The third-order valence-electron chi connectivity index (χ3n) is 2.47. The fourth-order valence-electron chi connectivity index (χ4n) is 1.86. The molecule has 0 saturated heterocycles. The van der Waals surface area contributed by atoms with E-state index >= 15 is 0 Å². The Morgan fingerprint density at radius 1 is 0.875 bits per heavy atom. The molecule has 0 amide bonds. The normalized spacial score (nSPS) is 10.5. The summed E-state index contributed by atoms with van der Waals surface area (Å²) in [4.78, 5) is 4.48. The van der Waals surface area contributed by atoms with Gasteiger partial charge in [0.2, 0.25) is 0 Å². The van der Waals surface area contributed by atoms with Crippen molar-refractivity contribution < 1.29 is 0 Å². The highest BCUT2D eigenvalue weighted by Gasteiger charge is 2.05. The molecule has 0 saturated carbocycles. The molecule has 2 aromatic rings. The minimum absolute atomic E-state index is 1.01. The molecule has 2 rings (SSSR count). The molecular formula is C14H14BrN. The molecule has 1 aromatic carbocycles. The number of hydrogen-bond donors (Lipinski definition) is 0. The predicted molar refractivity (Wildman–Crippen MR) is 71.6 cm³/mol. The van der Waals surface area contributed by atoms with Gasteiger partial charge in [-0.25, -0.2) is 0 Å². The lowest BCUT2D eigenvalue weighted by molar-refractivity contribution is 1.24. The molecule has 1 heterocycles. The quantitative estimate of drug-likeness (QED) is 0.750. The Kier molecular flexibility index (Phi) is 3.10. The maximum absolute atomic E-state index is 4.48. The number of rotatable bonds is 1. The number of nitrogens with zero attached hydrogens (tertiary/aromatic N) is 1. The van der Waals surface area contributed by atoms with Crippen molar-refractivity contribution in [3.8, 4) is 11.3 Å². The monoisotopic (exact) mass is 275 g/mol. The maximum atomic E-state index is 4.48. The Labute approximate surface area is 105 Å². The van der Waals surface area contributed by atoms with Gasteiger partial charge in [0.1, 0.15) is 0 Å². The number of benzene rings is 1. The summed E-state index contributed by atoms with van der Waals surface area (Å²) in [5.74, 6) is 0. The van der Waals surface area contributed by atoms with Gasteiger partial charge in [-0.3, -0.25) is 4.98 Å². The molecule has 0 unspecified atom stereocenters. The highest BCUT2D eigenvalue weighted by molar-refractivity contribution is 9.10. The number of aromatic nitrogens is 1. The van der Waals surface area contributed by atoms with Crippen LogP contribution >= 0.6 is 15.9 Å². The van der Waals surface area contributed by atoms with Gasteiger partial charge >= 0.3 is 0 Å². The minimum Gasteiger partial charge on any atom is -0.255 e. The van der Waals surface area contributed by atoms with Crippen molar-refractivity contribution in [2.45, 2.75) is 20.8 Å². The zero-order chi connectivity index (χ0) is 11.7. The summed E-state index contributed by atoms with van der Waals surface area (Å²) in [6, 6.07) is 8.59. The Morgan fingerprint density at radius 2 is 1.50 bits per heavy atom. The van der Waals surface area contributed by atoms with E-state index in [1.54, 1.807) is 0 Å². The Balaban J connectivity index is 2.58. The largest absolute Gasteiger partial charge is 0.255 e. The van der Waals surface area contributed by atoms with Gasteiger partial charge in [0.05, 0.1) is 5.69 Å². The third-order valence-corrected chi connectivity index (χ3v) is 3.08. The first-order valence-corrected chi connectivity index (χ1v) is 6.06. The Morgan fingerprint density at radius 3 is 2.06 bits per heavy atom. The van der Waals surface area contributed by atoms with Gasteiger partial charge in [-0.15, -0.1) is 0 Å². The van der Waals surface area contributed by atoms with E-state index < -0.39 is 0 Å². The second-order valence-corrected chi connectivity index (χ2v) is 5.07. The summed E-state index contributed by atoms with van der Waals surface area (Å²) < 4.78 is 1.05. The molecule has 1 aromatic heterocycles. The van der Waals surface area contributed by atoms with E-state index in [0.29, 0.717) is 0 Å². The fraction of sp³-hybridized carbons (Fsp3) is 0.214. The van der Waals surface area contributed by atoms with E-state index in [0.717, 1.165) is 10.2 Å². The van der Waals surface area contributed by atoms with Crippen LogP contribution in [0.2, 0.25) is 0 Å². The van der Waals surface area contributed by atoms with E-state index in [1.165, 1.54) is 22.3 Å². The van der Waals surface area contributed by atoms with Crippen LogP contribution < -0.4 is 0 Å². The summed E-state index contributed by atoms with van der Waals surface area (Å²) in [6.07, 6.45) is 1.90. The molecule has 16 heavy (non-hydrogen) atoms. The Bertz CT molecular complexity index is 512. The summed E-state index contributed by atoms with van der Waals surface area (Å²) in [6.45, 7) is 6.26. The third kappa shape index (κ3) is 2.33. The lowest BCUT2D eigenvalue weighted by Crippen LogP contribution is -1.88. The lowest BCUT2D eigenvalue weighted by Gasteiger charge is -2.07. The molecule has 0 N–H and O–H groups in total. The van der Waals surface area contributed by atoms with Gasteiger partial charge in [0, 0.05) is 16.2 Å². The minimum atomic E-state index is 1.01. The molecule has 2 heteroatoms. The van der Waals surface area contributed by atoms with Crippen molar-refractivity contribution in [2.24, 2.45) is 0 Å². The molecule has 1 nitrogen and oxygen atoms in total. The molecule has 0 bridgehead atoms. The molecule has 0 aliphatic rings. The van der Waals surface area contributed by atoms with Crippen LogP contribution in [0.25, 0.3) is 11.3 Å². The van der Waals surface area contributed by atoms with E-state index in [1.807, 2.05) is 13.1 Å². The zero-order valence-electron chi connectivity index (χ0n) is 9.71. The van der Waals surface area contributed by atoms with E-state index in [4.69, 9.17) is 0 Å². The van der Waals surface area contributed by atoms with Gasteiger partial charge in [-0.05, 0) is 60.5 Å². The molecule has 82 valence electrons. The van der Waals surface area contributed by atoms with Crippen molar-refractivity contribution in [1.29, 1.82) is 0 Å². The van der Waals surface area contributed by atoms with Crippen LogP contribution in [0, 0.1) is 20.8 Å². The number of pyridine rings is 1. The first-order valence-electron chi connectivity index (χ1n) is 5.27. The smallest absolute Gasteiger partial charge is 0.0844 e. The molecule has 0 atom stereocenters. The van der Waals surface area contributed by atoms with Gasteiger partial charge < -0.3 is 0 Å². The summed E-state index contributed by atoms with van der Waals surface area (Å²) in [5.41, 5.74) is 5.88. The van der Waals surface area contributed by atoms with Crippen LogP contribution in [0.1, 0.15) is 16.7 Å². The van der Waals surface area contributed by atoms with Crippen molar-refractivity contribution in [2.75, 3.05) is 0 Å². The fourth-order valence-corrected chi connectivity index (χ4v) is 2.55. The van der Waals surface area contributed by atoms with E-state index in [9.17, 15) is 0 Å². The van der Waals surface area contributed by atoms with Crippen LogP contribution in [0.4, 0.5) is 0 Å². The van der Waals surface area contributed by atoms with Crippen molar-refractivity contribution in [3.05, 3.63) is 51.6 Å². The number of halogens is 1. The topological polar surface area (TPSA) is 12.9 Å². The van der Waals surface area contributed by atoms with Crippen LogP contribution in [0.5, 0.6) is 0 Å². The standard InChI is InChI=1S/C14H14BrN/c1-9-4-10(2)6-12(5-9)14-13(15)7-11(3)8-16-14/h4-8H,1-3H3. The lowest BCUT2D eigenvalue weighted by atomic mass is 10.0. The van der Waals surface area contributed by atoms with Crippen molar-refractivity contribution in [1.82, 2.24) is 4.98 Å². The van der Waals surface area contributed by atoms with E-state index in [-0.39, 0.29) is 0 Å². The molecular weight excluding hydrogens is 262 g/mol. The maximum Gasteiger partial charge on any atom is 0.0844 e. The zero-order valence-corrected chi connectivity index (χ0v) is 11.3. The first kappa shape index (κ1) is 11.3. The number of hydrogen-bond acceptors (Lipinski definition) is 1. The molecule has 0 radical (unpaired) electrons. The van der Waals surface area contributed by atoms with E-state index in [2.05, 4.69) is 59.0 Å². The second-order valence-electron chi connectivity index (χ2n) is 4.22. The highest BCUT2D eigenvalue weighted by atomic mass is 79.9. The van der Waals surface area contributed by atoms with Gasteiger partial charge in [0.15, 0.2) is 0 Å². The molecule has 0 aliphatic heterocycles. The predicted octanol–water partition coefficient (Wildman–Crippen LogP) is 4.44. The average molecular weight is 276 g/mol. The van der Waals surface area contributed by atoms with Gasteiger partial charge in [0.25, 0.3) is 0 Å². The number of aryl methyl sites for hydroxylation is 3. The molecule has 0 aliphatic carbocycles. The summed E-state index contributed by atoms with van der Waals surface area (Å²) in [7, 11) is 0. The Hall–Kier alpha value is -1.15. The first-order chi connectivity index (χ1) is 7.56. The SMILES string of the molecule is Cc1cc(C)cc(-c2ncc(C)cc2Br)c1. The summed E-state index contributed by atoms with van der Waals surface area (Å²) in [5, 5.41) is 0. The van der Waals surface area contributed by atoms with Crippen LogP contribution in [0.3, 0.4) is 0 Å². The van der Waals surface area contributed by atoms with Crippen LogP contribution in [-0.2, 0) is 0 Å². The van der Waals surface area contributed by atoms with Crippen LogP contribution in [-0.4, -0.2) is 4.98 Å².